The molecule has 0 bridgehead atoms. The number of esters is 1. The number of halogens is 2. The summed E-state index contributed by atoms with van der Waals surface area (Å²) < 4.78 is 37.0. The Kier molecular flexibility index (Phi) is 6.08. The molecule has 1 aliphatic rings. The number of nitrogens with zero attached hydrogens (tertiary/aromatic N) is 1. The van der Waals surface area contributed by atoms with Crippen molar-refractivity contribution in [1.82, 2.24) is 4.90 Å². The zero-order chi connectivity index (χ0) is 17.7. The monoisotopic (exact) mass is 342 g/mol. The molecule has 6 nitrogen and oxygen atoms in total. The zero-order valence-corrected chi connectivity index (χ0v) is 13.6. The Morgan fingerprint density at radius 1 is 1.33 bits per heavy atom. The standard InChI is InChI=1S/C16H20F2N2O4/c1-3-24-15(21)11-7-12(17)13(18)8-14(11)19-16(22)20-6-4-5-10(9-20)23-2/h7-8,10H,3-6,9H2,1-2H3,(H,19,22)/t10-/m1/s1. The molecule has 1 atom stereocenters. The summed E-state index contributed by atoms with van der Waals surface area (Å²) in [7, 11) is 1.57. The topological polar surface area (TPSA) is 67.9 Å². The highest BCUT2D eigenvalue weighted by molar-refractivity contribution is 6.00. The molecule has 0 spiro atoms. The molecule has 1 heterocycles. The molecule has 24 heavy (non-hydrogen) atoms. The number of amides is 2. The lowest BCUT2D eigenvalue weighted by atomic mass is 10.1. The third kappa shape index (κ3) is 4.19. The number of likely N-dealkylation sites (tertiary alicyclic amines) is 1. The van der Waals surface area contributed by atoms with Crippen LogP contribution in [0.4, 0.5) is 19.3 Å². The average Bonchev–Trinajstić information content (AvgIpc) is 2.58. The van der Waals surface area contributed by atoms with Crippen LogP contribution in [-0.4, -0.2) is 49.8 Å². The molecule has 2 amide bonds. The summed E-state index contributed by atoms with van der Waals surface area (Å²) in [4.78, 5) is 25.7. The van der Waals surface area contributed by atoms with E-state index in [1.807, 2.05) is 0 Å². The molecule has 0 saturated carbocycles. The summed E-state index contributed by atoms with van der Waals surface area (Å²) in [6.07, 6.45) is 1.55. The van der Waals surface area contributed by atoms with E-state index in [0.29, 0.717) is 13.1 Å². The van der Waals surface area contributed by atoms with Crippen LogP contribution in [0.15, 0.2) is 12.1 Å². The molecule has 0 aliphatic carbocycles. The molecule has 1 N–H and O–H groups in total. The van der Waals surface area contributed by atoms with Gasteiger partial charge in [-0.2, -0.15) is 0 Å². The Morgan fingerprint density at radius 3 is 2.71 bits per heavy atom. The van der Waals surface area contributed by atoms with Gasteiger partial charge in [0, 0.05) is 26.3 Å². The molecule has 1 fully saturated rings. The van der Waals surface area contributed by atoms with E-state index < -0.39 is 23.6 Å². The van der Waals surface area contributed by atoms with Crippen molar-refractivity contribution in [2.75, 3.05) is 32.1 Å². The first kappa shape index (κ1) is 18.1. The number of nitrogens with one attached hydrogen (secondary N) is 1. The maximum absolute atomic E-state index is 13.5. The van der Waals surface area contributed by atoms with Crippen LogP contribution >= 0.6 is 0 Å². The predicted molar refractivity (Wildman–Crippen MR) is 82.9 cm³/mol. The number of hydrogen-bond acceptors (Lipinski definition) is 4. The van der Waals surface area contributed by atoms with E-state index >= 15 is 0 Å². The summed E-state index contributed by atoms with van der Waals surface area (Å²) in [5, 5.41) is 2.46. The van der Waals surface area contributed by atoms with Crippen molar-refractivity contribution < 1.29 is 27.8 Å². The predicted octanol–water partition coefficient (Wildman–Crippen LogP) is 2.78. The van der Waals surface area contributed by atoms with Gasteiger partial charge in [0.1, 0.15) is 0 Å². The van der Waals surface area contributed by atoms with Gasteiger partial charge >= 0.3 is 12.0 Å². The lowest BCUT2D eigenvalue weighted by molar-refractivity contribution is 0.0457. The Morgan fingerprint density at radius 2 is 2.04 bits per heavy atom. The summed E-state index contributed by atoms with van der Waals surface area (Å²) in [6.45, 7) is 2.58. The molecule has 132 valence electrons. The van der Waals surface area contributed by atoms with Crippen LogP contribution in [-0.2, 0) is 9.47 Å². The van der Waals surface area contributed by atoms with Gasteiger partial charge in [0.15, 0.2) is 11.6 Å². The van der Waals surface area contributed by atoms with Gasteiger partial charge in [-0.3, -0.25) is 0 Å². The molecular weight excluding hydrogens is 322 g/mol. The van der Waals surface area contributed by atoms with Gasteiger partial charge in [-0.1, -0.05) is 0 Å². The lowest BCUT2D eigenvalue weighted by Gasteiger charge is -2.32. The van der Waals surface area contributed by atoms with Crippen molar-refractivity contribution in [2.45, 2.75) is 25.9 Å². The van der Waals surface area contributed by atoms with Gasteiger partial charge in [-0.05, 0) is 25.8 Å². The second-order valence-corrected chi connectivity index (χ2v) is 5.41. The quantitative estimate of drug-likeness (QED) is 0.855. The maximum atomic E-state index is 13.5. The second-order valence-electron chi connectivity index (χ2n) is 5.41. The number of ether oxygens (including phenoxy) is 2. The fourth-order valence-corrected chi connectivity index (χ4v) is 2.54. The number of carbonyl (C=O) groups is 2. The Hall–Kier alpha value is -2.22. The molecule has 0 unspecified atom stereocenters. The SMILES string of the molecule is CCOC(=O)c1cc(F)c(F)cc1NC(=O)N1CCC[C@@H](OC)C1. The van der Waals surface area contributed by atoms with Gasteiger partial charge in [0.2, 0.25) is 0 Å². The van der Waals surface area contributed by atoms with Crippen LogP contribution < -0.4 is 5.32 Å². The number of carbonyl (C=O) groups excluding carboxylic acids is 2. The third-order valence-corrected chi connectivity index (χ3v) is 3.80. The van der Waals surface area contributed by atoms with E-state index in [2.05, 4.69) is 5.32 Å². The van der Waals surface area contributed by atoms with Crippen molar-refractivity contribution in [3.63, 3.8) is 0 Å². The largest absolute Gasteiger partial charge is 0.462 e. The highest BCUT2D eigenvalue weighted by Gasteiger charge is 2.25. The zero-order valence-electron chi connectivity index (χ0n) is 13.6. The van der Waals surface area contributed by atoms with E-state index in [-0.39, 0.29) is 24.0 Å². The number of piperidine rings is 1. The minimum atomic E-state index is -1.19. The van der Waals surface area contributed by atoms with Gasteiger partial charge in [-0.15, -0.1) is 0 Å². The van der Waals surface area contributed by atoms with Gasteiger partial charge in [-0.25, -0.2) is 18.4 Å². The maximum Gasteiger partial charge on any atom is 0.340 e. The van der Waals surface area contributed by atoms with Crippen molar-refractivity contribution in [2.24, 2.45) is 0 Å². The van der Waals surface area contributed by atoms with Gasteiger partial charge in [0.25, 0.3) is 0 Å². The molecular formula is C16H20F2N2O4. The minimum Gasteiger partial charge on any atom is -0.462 e. The van der Waals surface area contributed by atoms with Crippen LogP contribution in [0, 0.1) is 11.6 Å². The minimum absolute atomic E-state index is 0.0704. The number of urea groups is 1. The molecule has 1 aliphatic heterocycles. The van der Waals surface area contributed by atoms with Crippen molar-refractivity contribution >= 4 is 17.7 Å². The second kappa shape index (κ2) is 8.05. The third-order valence-electron chi connectivity index (χ3n) is 3.80. The first-order valence-electron chi connectivity index (χ1n) is 7.71. The Bertz CT molecular complexity index is 624. The smallest absolute Gasteiger partial charge is 0.340 e. The molecule has 2 rings (SSSR count). The van der Waals surface area contributed by atoms with E-state index in [9.17, 15) is 18.4 Å². The lowest BCUT2D eigenvalue weighted by Crippen LogP contribution is -2.45. The van der Waals surface area contributed by atoms with E-state index in [1.165, 1.54) is 4.90 Å². The first-order chi connectivity index (χ1) is 11.5. The van der Waals surface area contributed by atoms with Gasteiger partial charge in [0.05, 0.1) is 24.0 Å². The molecule has 0 aromatic heterocycles. The summed E-state index contributed by atoms with van der Waals surface area (Å²) >= 11 is 0. The fraction of sp³-hybridized carbons (Fsp3) is 0.500. The Labute approximate surface area is 138 Å². The molecule has 1 saturated heterocycles. The van der Waals surface area contributed by atoms with Crippen molar-refractivity contribution in [3.05, 3.63) is 29.3 Å². The van der Waals surface area contributed by atoms with Crippen LogP contribution in [0.1, 0.15) is 30.1 Å². The van der Waals surface area contributed by atoms with Crippen LogP contribution in [0.25, 0.3) is 0 Å². The number of rotatable bonds is 4. The number of benzene rings is 1. The highest BCUT2D eigenvalue weighted by Crippen LogP contribution is 2.22. The molecule has 1 aromatic carbocycles. The molecule has 8 heteroatoms. The van der Waals surface area contributed by atoms with Crippen molar-refractivity contribution in [1.29, 1.82) is 0 Å². The molecule has 1 aromatic rings. The van der Waals surface area contributed by atoms with Crippen LogP contribution in [0.2, 0.25) is 0 Å². The summed E-state index contributed by atoms with van der Waals surface area (Å²) in [5.41, 5.74) is -0.360. The molecule has 0 radical (unpaired) electrons. The van der Waals surface area contributed by atoms with Gasteiger partial charge < -0.3 is 19.7 Å². The van der Waals surface area contributed by atoms with Crippen LogP contribution in [0.5, 0.6) is 0 Å². The first-order valence-corrected chi connectivity index (χ1v) is 7.71. The van der Waals surface area contributed by atoms with E-state index in [4.69, 9.17) is 9.47 Å². The van der Waals surface area contributed by atoms with Crippen LogP contribution in [0.3, 0.4) is 0 Å². The summed E-state index contributed by atoms with van der Waals surface area (Å²) in [6, 6.07) is 0.988. The normalized spacial score (nSPS) is 17.5. The number of anilines is 1. The average molecular weight is 342 g/mol. The number of methoxy groups -OCH3 is 1. The van der Waals surface area contributed by atoms with Crippen molar-refractivity contribution in [3.8, 4) is 0 Å². The fourth-order valence-electron chi connectivity index (χ4n) is 2.54. The highest BCUT2D eigenvalue weighted by atomic mass is 19.2. The summed E-state index contributed by atoms with van der Waals surface area (Å²) in [5.74, 6) is -3.18. The number of hydrogen-bond donors (Lipinski definition) is 1. The van der Waals surface area contributed by atoms with E-state index in [1.54, 1.807) is 14.0 Å². The Balaban J connectivity index is 2.19. The van der Waals surface area contributed by atoms with E-state index in [0.717, 1.165) is 25.0 Å².